The van der Waals surface area contributed by atoms with Crippen LogP contribution in [-0.2, 0) is 0 Å². The van der Waals surface area contributed by atoms with E-state index in [1.807, 2.05) is 0 Å². The van der Waals surface area contributed by atoms with Crippen LogP contribution in [0, 0.1) is 5.41 Å². The summed E-state index contributed by atoms with van der Waals surface area (Å²) in [6.45, 7) is 7.26. The van der Waals surface area contributed by atoms with Crippen molar-refractivity contribution in [3.05, 3.63) is 35.4 Å². The normalized spacial score (nSPS) is 19.9. The lowest BCUT2D eigenvalue weighted by Crippen LogP contribution is -2.44. The Morgan fingerprint density at radius 1 is 1.21 bits per heavy atom. The Balaban J connectivity index is 1.57. The fourth-order valence-electron chi connectivity index (χ4n) is 3.35. The number of rotatable bonds is 3. The number of likely N-dealkylation sites (tertiary alicyclic amines) is 1. The van der Waals surface area contributed by atoms with Crippen molar-refractivity contribution in [3.63, 3.8) is 0 Å². The summed E-state index contributed by atoms with van der Waals surface area (Å²) < 4.78 is 0. The molecule has 24 heavy (non-hydrogen) atoms. The summed E-state index contributed by atoms with van der Waals surface area (Å²) in [5.41, 5.74) is 1.28. The molecular weight excluding hydrogens is 304 g/mol. The predicted molar refractivity (Wildman–Crippen MR) is 93.1 cm³/mol. The Morgan fingerprint density at radius 3 is 2.33 bits per heavy atom. The number of carbonyl (C=O) groups excluding carboxylic acids is 2. The van der Waals surface area contributed by atoms with Gasteiger partial charge in [0.25, 0.3) is 11.8 Å². The van der Waals surface area contributed by atoms with E-state index >= 15 is 0 Å². The monoisotopic (exact) mass is 328 g/mol. The molecule has 3 rings (SSSR count). The lowest BCUT2D eigenvalue weighted by Gasteiger charge is -2.24. The molecule has 2 aliphatic rings. The van der Waals surface area contributed by atoms with Crippen LogP contribution in [0.15, 0.2) is 29.3 Å². The van der Waals surface area contributed by atoms with Gasteiger partial charge in [-0.3, -0.25) is 19.5 Å². The third-order valence-electron chi connectivity index (χ3n) is 4.69. The fraction of sp³-hybridized carbons (Fsp3) is 0.500. The van der Waals surface area contributed by atoms with Gasteiger partial charge < -0.3 is 10.2 Å². The molecule has 0 radical (unpaired) electrons. The van der Waals surface area contributed by atoms with E-state index in [0.29, 0.717) is 29.6 Å². The minimum Gasteiger partial charge on any atom is -0.354 e. The summed E-state index contributed by atoms with van der Waals surface area (Å²) in [6, 6.07) is 6.97. The molecule has 2 aliphatic heterocycles. The molecule has 2 heterocycles. The van der Waals surface area contributed by atoms with Gasteiger partial charge in [0.15, 0.2) is 5.96 Å². The number of imide groups is 1. The van der Waals surface area contributed by atoms with Gasteiger partial charge >= 0.3 is 0 Å². The Morgan fingerprint density at radius 2 is 1.83 bits per heavy atom. The summed E-state index contributed by atoms with van der Waals surface area (Å²) in [5.74, 6) is 0.404. The minimum absolute atomic E-state index is 0.213. The van der Waals surface area contributed by atoms with Crippen LogP contribution >= 0.6 is 0 Å². The first-order chi connectivity index (χ1) is 11.4. The van der Waals surface area contributed by atoms with E-state index in [-0.39, 0.29) is 11.8 Å². The van der Waals surface area contributed by atoms with Crippen LogP contribution in [0.1, 0.15) is 41.0 Å². The Hall–Kier alpha value is -2.37. The van der Waals surface area contributed by atoms with Crippen LogP contribution in [0.4, 0.5) is 0 Å². The Labute approximate surface area is 142 Å². The maximum absolute atomic E-state index is 12.3. The van der Waals surface area contributed by atoms with Crippen molar-refractivity contribution in [1.29, 1.82) is 0 Å². The van der Waals surface area contributed by atoms with Gasteiger partial charge in [-0.15, -0.1) is 0 Å². The summed E-state index contributed by atoms with van der Waals surface area (Å²) in [5, 5.41) is 3.27. The van der Waals surface area contributed by atoms with Crippen LogP contribution in [0.5, 0.6) is 0 Å². The quantitative estimate of drug-likeness (QED) is 0.520. The molecule has 1 fully saturated rings. The number of guanidine groups is 1. The van der Waals surface area contributed by atoms with Crippen molar-refractivity contribution in [2.45, 2.75) is 20.3 Å². The molecule has 0 spiro atoms. The number of hydrogen-bond acceptors (Lipinski definition) is 3. The molecule has 0 atom stereocenters. The van der Waals surface area contributed by atoms with Crippen LogP contribution in [-0.4, -0.2) is 60.8 Å². The fourth-order valence-corrected chi connectivity index (χ4v) is 3.35. The number of benzene rings is 1. The van der Waals surface area contributed by atoms with Crippen molar-refractivity contribution in [2.24, 2.45) is 10.4 Å². The molecule has 1 aromatic rings. The van der Waals surface area contributed by atoms with Gasteiger partial charge in [0.2, 0.25) is 0 Å². The average Bonchev–Trinajstić information content (AvgIpc) is 3.04. The highest BCUT2D eigenvalue weighted by Gasteiger charge is 2.35. The molecule has 0 bridgehead atoms. The molecule has 0 unspecified atom stereocenters. The summed E-state index contributed by atoms with van der Waals surface area (Å²) >= 11 is 0. The van der Waals surface area contributed by atoms with Gasteiger partial charge in [-0.2, -0.15) is 0 Å². The largest absolute Gasteiger partial charge is 0.354 e. The van der Waals surface area contributed by atoms with Crippen molar-refractivity contribution >= 4 is 17.8 Å². The smallest absolute Gasteiger partial charge is 0.261 e. The highest BCUT2D eigenvalue weighted by Crippen LogP contribution is 2.28. The lowest BCUT2D eigenvalue weighted by atomic mass is 9.93. The maximum Gasteiger partial charge on any atom is 0.261 e. The second kappa shape index (κ2) is 6.26. The van der Waals surface area contributed by atoms with Crippen molar-refractivity contribution in [1.82, 2.24) is 15.1 Å². The van der Waals surface area contributed by atoms with Crippen LogP contribution < -0.4 is 5.32 Å². The summed E-state index contributed by atoms with van der Waals surface area (Å²) in [7, 11) is 1.76. The number of amides is 2. The van der Waals surface area contributed by atoms with Gasteiger partial charge in [-0.05, 0) is 24.0 Å². The minimum atomic E-state index is -0.213. The zero-order chi connectivity index (χ0) is 17.3. The first-order valence-corrected chi connectivity index (χ1v) is 8.34. The van der Waals surface area contributed by atoms with Gasteiger partial charge in [0.05, 0.1) is 11.1 Å². The number of nitrogens with zero attached hydrogens (tertiary/aromatic N) is 3. The van der Waals surface area contributed by atoms with Crippen LogP contribution in [0.2, 0.25) is 0 Å². The molecule has 0 aliphatic carbocycles. The first kappa shape index (κ1) is 16.5. The number of aliphatic imine (C=N–C) groups is 1. The van der Waals surface area contributed by atoms with E-state index in [2.05, 4.69) is 29.1 Å². The Bertz CT molecular complexity index is 661. The molecule has 0 aromatic heterocycles. The van der Waals surface area contributed by atoms with E-state index in [0.717, 1.165) is 25.5 Å². The number of nitrogens with one attached hydrogen (secondary N) is 1. The molecule has 2 amide bonds. The van der Waals surface area contributed by atoms with Crippen molar-refractivity contribution in [2.75, 3.05) is 33.2 Å². The molecule has 1 N–H and O–H groups in total. The van der Waals surface area contributed by atoms with E-state index in [1.54, 1.807) is 31.3 Å². The first-order valence-electron chi connectivity index (χ1n) is 8.34. The van der Waals surface area contributed by atoms with Crippen LogP contribution in [0.25, 0.3) is 0 Å². The topological polar surface area (TPSA) is 65.0 Å². The third-order valence-corrected chi connectivity index (χ3v) is 4.69. The predicted octanol–water partition coefficient (Wildman–Crippen LogP) is 1.59. The number of fused-ring (bicyclic) bond motifs is 1. The average molecular weight is 328 g/mol. The molecule has 1 saturated heterocycles. The number of hydrogen-bond donors (Lipinski definition) is 1. The number of carbonyl (C=O) groups is 2. The van der Waals surface area contributed by atoms with Crippen molar-refractivity contribution < 1.29 is 9.59 Å². The van der Waals surface area contributed by atoms with E-state index in [9.17, 15) is 9.59 Å². The second-order valence-corrected chi connectivity index (χ2v) is 7.12. The van der Waals surface area contributed by atoms with Gasteiger partial charge in [-0.25, -0.2) is 0 Å². The molecule has 0 saturated carbocycles. The van der Waals surface area contributed by atoms with Crippen molar-refractivity contribution in [3.8, 4) is 0 Å². The van der Waals surface area contributed by atoms with Gasteiger partial charge in [0, 0.05) is 33.2 Å². The molecule has 6 nitrogen and oxygen atoms in total. The SMILES string of the molecule is CN=C(NCCN1C(=O)c2ccccc2C1=O)N1CCC(C)(C)C1. The third kappa shape index (κ3) is 3.00. The lowest BCUT2D eigenvalue weighted by molar-refractivity contribution is 0.0657. The van der Waals surface area contributed by atoms with Gasteiger partial charge in [-0.1, -0.05) is 26.0 Å². The van der Waals surface area contributed by atoms with Crippen LogP contribution in [0.3, 0.4) is 0 Å². The van der Waals surface area contributed by atoms with E-state index < -0.39 is 0 Å². The molecule has 128 valence electrons. The summed E-state index contributed by atoms with van der Waals surface area (Å²) in [6.07, 6.45) is 1.13. The van der Waals surface area contributed by atoms with Gasteiger partial charge in [0.1, 0.15) is 0 Å². The summed E-state index contributed by atoms with van der Waals surface area (Å²) in [4.78, 5) is 32.5. The van der Waals surface area contributed by atoms with E-state index in [4.69, 9.17) is 0 Å². The standard InChI is InChI=1S/C18H24N4O2/c1-18(2)8-10-21(12-18)17(19-3)20-9-11-22-15(23)13-6-4-5-7-14(13)16(22)24/h4-7H,8-12H2,1-3H3,(H,19,20). The maximum atomic E-state index is 12.3. The molecule has 6 heteroatoms. The molecular formula is C18H24N4O2. The molecule has 1 aromatic carbocycles. The zero-order valence-electron chi connectivity index (χ0n) is 14.5. The Kier molecular flexibility index (Phi) is 4.30. The van der Waals surface area contributed by atoms with E-state index in [1.165, 1.54) is 4.90 Å². The zero-order valence-corrected chi connectivity index (χ0v) is 14.5. The highest BCUT2D eigenvalue weighted by molar-refractivity contribution is 6.21. The highest BCUT2D eigenvalue weighted by atomic mass is 16.2. The second-order valence-electron chi connectivity index (χ2n) is 7.12.